The van der Waals surface area contributed by atoms with Crippen LogP contribution in [0, 0.1) is 0 Å². The first kappa shape index (κ1) is 18.8. The van der Waals surface area contributed by atoms with Gasteiger partial charge in [0.2, 0.25) is 0 Å². The molecule has 0 bridgehead atoms. The summed E-state index contributed by atoms with van der Waals surface area (Å²) in [5.41, 5.74) is 0.844. The van der Waals surface area contributed by atoms with Gasteiger partial charge in [-0.3, -0.25) is 0 Å². The molecule has 1 aromatic carbocycles. The average molecular weight is 393 g/mol. The van der Waals surface area contributed by atoms with Gasteiger partial charge in [-0.1, -0.05) is 35.3 Å². The molecular weight excluding hydrogens is 371 g/mol. The van der Waals surface area contributed by atoms with Crippen molar-refractivity contribution in [2.75, 3.05) is 18.0 Å². The lowest BCUT2D eigenvalue weighted by Crippen LogP contribution is -2.48. The molecule has 1 aromatic heterocycles. The zero-order valence-corrected chi connectivity index (χ0v) is 16.1. The molecule has 2 amide bonds. The second kappa shape index (κ2) is 8.60. The van der Waals surface area contributed by atoms with Crippen molar-refractivity contribution in [3.8, 4) is 0 Å². The van der Waals surface area contributed by atoms with E-state index in [9.17, 15) is 4.79 Å². The van der Waals surface area contributed by atoms with Gasteiger partial charge in [-0.05, 0) is 49.6 Å². The van der Waals surface area contributed by atoms with Crippen LogP contribution in [0.2, 0.25) is 10.0 Å². The third kappa shape index (κ3) is 4.80. The largest absolute Gasteiger partial charge is 0.356 e. The Kier molecular flexibility index (Phi) is 6.22. The van der Waals surface area contributed by atoms with Crippen LogP contribution in [-0.4, -0.2) is 30.1 Å². The number of nitrogens with zero attached hydrogens (tertiary/aromatic N) is 2. The molecule has 26 heavy (non-hydrogen) atoms. The number of amides is 2. The number of carbonyl (C=O) groups is 1. The monoisotopic (exact) mass is 392 g/mol. The van der Waals surface area contributed by atoms with E-state index in [1.54, 1.807) is 18.3 Å². The predicted molar refractivity (Wildman–Crippen MR) is 106 cm³/mol. The summed E-state index contributed by atoms with van der Waals surface area (Å²) in [6.07, 6.45) is 3.58. The first-order valence-corrected chi connectivity index (χ1v) is 9.46. The summed E-state index contributed by atoms with van der Waals surface area (Å²) in [4.78, 5) is 18.9. The van der Waals surface area contributed by atoms with Crippen molar-refractivity contribution in [2.45, 2.75) is 31.8 Å². The minimum atomic E-state index is -0.201. The SMILES string of the molecule is CC(NC(=O)NC1CCN(c2ccccn2)CC1)c1ccc(Cl)cc1Cl. The quantitative estimate of drug-likeness (QED) is 0.809. The van der Waals surface area contributed by atoms with Gasteiger partial charge in [-0.15, -0.1) is 0 Å². The van der Waals surface area contributed by atoms with E-state index < -0.39 is 0 Å². The molecule has 2 heterocycles. The summed E-state index contributed by atoms with van der Waals surface area (Å²) in [5.74, 6) is 0.987. The Morgan fingerprint density at radius 3 is 2.65 bits per heavy atom. The molecule has 0 spiro atoms. The lowest BCUT2D eigenvalue weighted by atomic mass is 10.1. The summed E-state index contributed by atoms with van der Waals surface area (Å²) in [6, 6.07) is 11.0. The van der Waals surface area contributed by atoms with Gasteiger partial charge in [0.25, 0.3) is 0 Å². The van der Waals surface area contributed by atoms with E-state index in [0.29, 0.717) is 10.0 Å². The molecule has 3 rings (SSSR count). The van der Waals surface area contributed by atoms with Crippen molar-refractivity contribution in [1.82, 2.24) is 15.6 Å². The molecule has 0 radical (unpaired) electrons. The molecule has 0 saturated carbocycles. The molecule has 138 valence electrons. The van der Waals surface area contributed by atoms with Crippen LogP contribution in [0.25, 0.3) is 0 Å². The Bertz CT molecular complexity index is 748. The van der Waals surface area contributed by atoms with Crippen LogP contribution in [0.5, 0.6) is 0 Å². The first-order chi connectivity index (χ1) is 12.5. The highest BCUT2D eigenvalue weighted by Gasteiger charge is 2.22. The minimum absolute atomic E-state index is 0.155. The Balaban J connectivity index is 1.48. The van der Waals surface area contributed by atoms with Crippen LogP contribution in [0.15, 0.2) is 42.6 Å². The van der Waals surface area contributed by atoms with Crippen LogP contribution in [0.1, 0.15) is 31.4 Å². The lowest BCUT2D eigenvalue weighted by molar-refractivity contribution is 0.231. The van der Waals surface area contributed by atoms with E-state index in [4.69, 9.17) is 23.2 Å². The number of carbonyl (C=O) groups excluding carboxylic acids is 1. The van der Waals surface area contributed by atoms with Gasteiger partial charge in [0.1, 0.15) is 5.82 Å². The summed E-state index contributed by atoms with van der Waals surface area (Å²) >= 11 is 12.1. The zero-order chi connectivity index (χ0) is 18.5. The Morgan fingerprint density at radius 2 is 2.00 bits per heavy atom. The van der Waals surface area contributed by atoms with Crippen LogP contribution in [0.3, 0.4) is 0 Å². The molecule has 2 aromatic rings. The van der Waals surface area contributed by atoms with E-state index in [1.165, 1.54) is 0 Å². The molecule has 1 aliphatic rings. The molecule has 7 heteroatoms. The number of aromatic nitrogens is 1. The zero-order valence-electron chi connectivity index (χ0n) is 14.6. The smallest absolute Gasteiger partial charge is 0.315 e. The Morgan fingerprint density at radius 1 is 1.23 bits per heavy atom. The van der Waals surface area contributed by atoms with Crippen molar-refractivity contribution in [3.05, 3.63) is 58.2 Å². The molecule has 0 aliphatic carbocycles. The number of nitrogens with one attached hydrogen (secondary N) is 2. The highest BCUT2D eigenvalue weighted by atomic mass is 35.5. The summed E-state index contributed by atoms with van der Waals surface area (Å²) in [5, 5.41) is 7.13. The number of benzene rings is 1. The van der Waals surface area contributed by atoms with Gasteiger partial charge >= 0.3 is 6.03 Å². The van der Waals surface area contributed by atoms with E-state index in [0.717, 1.165) is 37.3 Å². The van der Waals surface area contributed by atoms with Crippen molar-refractivity contribution < 1.29 is 4.79 Å². The number of pyridine rings is 1. The van der Waals surface area contributed by atoms with Crippen molar-refractivity contribution in [1.29, 1.82) is 0 Å². The summed E-state index contributed by atoms with van der Waals surface area (Å²) < 4.78 is 0. The molecule has 1 aliphatic heterocycles. The van der Waals surface area contributed by atoms with E-state index in [-0.39, 0.29) is 18.1 Å². The van der Waals surface area contributed by atoms with E-state index >= 15 is 0 Å². The normalized spacial score (nSPS) is 16.2. The van der Waals surface area contributed by atoms with Gasteiger partial charge in [-0.2, -0.15) is 0 Å². The topological polar surface area (TPSA) is 57.3 Å². The summed E-state index contributed by atoms with van der Waals surface area (Å²) in [7, 11) is 0. The summed E-state index contributed by atoms with van der Waals surface area (Å²) in [6.45, 7) is 3.65. The number of rotatable bonds is 4. The lowest BCUT2D eigenvalue weighted by Gasteiger charge is -2.33. The van der Waals surface area contributed by atoms with Crippen LogP contribution in [0.4, 0.5) is 10.6 Å². The minimum Gasteiger partial charge on any atom is -0.356 e. The van der Waals surface area contributed by atoms with Crippen molar-refractivity contribution >= 4 is 35.1 Å². The molecule has 2 N–H and O–H groups in total. The molecule has 1 unspecified atom stereocenters. The van der Waals surface area contributed by atoms with Gasteiger partial charge in [0.05, 0.1) is 6.04 Å². The molecule has 1 fully saturated rings. The fraction of sp³-hybridized carbons (Fsp3) is 0.368. The van der Waals surface area contributed by atoms with E-state index in [1.807, 2.05) is 31.2 Å². The molecular formula is C19H22Cl2N4O. The number of piperidine rings is 1. The number of anilines is 1. The third-order valence-electron chi connectivity index (χ3n) is 4.58. The van der Waals surface area contributed by atoms with Crippen LogP contribution >= 0.6 is 23.2 Å². The van der Waals surface area contributed by atoms with Gasteiger partial charge in [0, 0.05) is 35.4 Å². The maximum Gasteiger partial charge on any atom is 0.315 e. The van der Waals surface area contributed by atoms with Gasteiger partial charge in [0.15, 0.2) is 0 Å². The standard InChI is InChI=1S/C19H22Cl2N4O/c1-13(16-6-5-14(20)12-17(16)21)23-19(26)24-15-7-10-25(11-8-15)18-4-2-3-9-22-18/h2-6,9,12-13,15H,7-8,10-11H2,1H3,(H2,23,24,26). The number of hydrogen-bond donors (Lipinski definition) is 2. The highest BCUT2D eigenvalue weighted by molar-refractivity contribution is 6.35. The first-order valence-electron chi connectivity index (χ1n) is 8.71. The van der Waals surface area contributed by atoms with E-state index in [2.05, 4.69) is 20.5 Å². The Labute approximate surface area is 163 Å². The maximum atomic E-state index is 12.3. The highest BCUT2D eigenvalue weighted by Crippen LogP contribution is 2.26. The van der Waals surface area contributed by atoms with Crippen LogP contribution in [-0.2, 0) is 0 Å². The van der Waals surface area contributed by atoms with Gasteiger partial charge < -0.3 is 15.5 Å². The van der Waals surface area contributed by atoms with Gasteiger partial charge in [-0.25, -0.2) is 9.78 Å². The molecule has 1 saturated heterocycles. The average Bonchev–Trinajstić information content (AvgIpc) is 2.63. The fourth-order valence-electron chi connectivity index (χ4n) is 3.15. The third-order valence-corrected chi connectivity index (χ3v) is 5.14. The van der Waals surface area contributed by atoms with Crippen LogP contribution < -0.4 is 15.5 Å². The number of hydrogen-bond acceptors (Lipinski definition) is 3. The Hall–Kier alpha value is -1.98. The second-order valence-corrected chi connectivity index (χ2v) is 7.30. The number of halogens is 2. The predicted octanol–water partition coefficient (Wildman–Crippen LogP) is 4.42. The maximum absolute atomic E-state index is 12.3. The second-order valence-electron chi connectivity index (χ2n) is 6.45. The van der Waals surface area contributed by atoms with Crippen molar-refractivity contribution in [2.24, 2.45) is 0 Å². The van der Waals surface area contributed by atoms with Crippen molar-refractivity contribution in [3.63, 3.8) is 0 Å². The number of urea groups is 1. The fourth-order valence-corrected chi connectivity index (χ4v) is 3.72. The molecule has 1 atom stereocenters. The molecule has 5 nitrogen and oxygen atoms in total.